The first-order chi connectivity index (χ1) is 11.1. The number of methoxy groups -OCH3 is 1. The summed E-state index contributed by atoms with van der Waals surface area (Å²) in [5, 5.41) is 11.4. The number of nitro groups is 1. The minimum Gasteiger partial charge on any atom is -0.598 e. The van der Waals surface area contributed by atoms with Gasteiger partial charge in [0.1, 0.15) is 16.5 Å². The lowest BCUT2D eigenvalue weighted by Crippen LogP contribution is -2.43. The molecule has 0 aliphatic heterocycles. The second-order valence-electron chi connectivity index (χ2n) is 5.89. The Morgan fingerprint density at radius 1 is 1.38 bits per heavy atom. The Morgan fingerprint density at radius 2 is 2.00 bits per heavy atom. The van der Waals surface area contributed by atoms with Gasteiger partial charge in [-0.2, -0.15) is 0 Å². The van der Waals surface area contributed by atoms with Crippen LogP contribution in [-0.4, -0.2) is 34.7 Å². The molecule has 1 N–H and O–H groups in total. The summed E-state index contributed by atoms with van der Waals surface area (Å²) in [4.78, 5) is 10.5. The number of benzene rings is 1. The molecule has 0 amide bonds. The van der Waals surface area contributed by atoms with E-state index in [1.165, 1.54) is 19.2 Å². The summed E-state index contributed by atoms with van der Waals surface area (Å²) in [6.45, 7) is 4.65. The predicted octanol–water partition coefficient (Wildman–Crippen LogP) is 3.35. The van der Waals surface area contributed by atoms with Crippen molar-refractivity contribution in [3.8, 4) is 5.75 Å². The number of ether oxygens (including phenoxy) is 2. The van der Waals surface area contributed by atoms with Crippen LogP contribution in [0.25, 0.3) is 0 Å². The second-order valence-corrected chi connectivity index (χ2v) is 8.67. The zero-order valence-electron chi connectivity index (χ0n) is 13.8. The van der Waals surface area contributed by atoms with Gasteiger partial charge in [0.05, 0.1) is 10.0 Å². The average molecular weight is 399 g/mol. The van der Waals surface area contributed by atoms with E-state index in [9.17, 15) is 14.7 Å². The molecule has 0 fully saturated rings. The average Bonchev–Trinajstić information content (AvgIpc) is 2.46. The molecule has 1 aromatic carbocycles. The molecular weight excluding hydrogens is 379 g/mol. The summed E-state index contributed by atoms with van der Waals surface area (Å²) in [5.41, 5.74) is 0.274. The van der Waals surface area contributed by atoms with Gasteiger partial charge in [-0.1, -0.05) is 23.2 Å². The molecule has 2 atom stereocenters. The van der Waals surface area contributed by atoms with Gasteiger partial charge in [0.2, 0.25) is 6.54 Å². The highest BCUT2D eigenvalue weighted by Gasteiger charge is 2.35. The number of rotatable bonds is 8. The monoisotopic (exact) mass is 398 g/mol. The van der Waals surface area contributed by atoms with E-state index in [-0.39, 0.29) is 28.2 Å². The second kappa shape index (κ2) is 9.07. The van der Waals surface area contributed by atoms with Gasteiger partial charge in [-0.3, -0.25) is 10.1 Å². The topological polar surface area (TPSA) is 96.7 Å². The maximum absolute atomic E-state index is 12.4. The highest BCUT2D eigenvalue weighted by Crippen LogP contribution is 2.38. The first kappa shape index (κ1) is 21.3. The minimum atomic E-state index is -1.56. The first-order valence-corrected chi connectivity index (χ1v) is 8.88. The summed E-state index contributed by atoms with van der Waals surface area (Å²) < 4.78 is 24.8. The van der Waals surface area contributed by atoms with Crippen molar-refractivity contribution >= 4 is 34.6 Å². The number of hydrogen-bond acceptors (Lipinski definition) is 6. The fourth-order valence-corrected chi connectivity index (χ4v) is 3.02. The van der Waals surface area contributed by atoms with Gasteiger partial charge < -0.3 is 14.0 Å². The van der Waals surface area contributed by atoms with E-state index in [4.69, 9.17) is 32.7 Å². The lowest BCUT2D eigenvalue weighted by molar-refractivity contribution is -0.483. The van der Waals surface area contributed by atoms with Crippen LogP contribution in [0.15, 0.2) is 12.1 Å². The van der Waals surface area contributed by atoms with Gasteiger partial charge in [0.25, 0.3) is 0 Å². The zero-order valence-corrected chi connectivity index (χ0v) is 16.1. The van der Waals surface area contributed by atoms with E-state index in [1.807, 2.05) is 0 Å². The Hall–Kier alpha value is -0.770. The lowest BCUT2D eigenvalue weighted by atomic mass is 10.1. The van der Waals surface area contributed by atoms with Crippen LogP contribution in [0.4, 0.5) is 0 Å². The van der Waals surface area contributed by atoms with Crippen LogP contribution < -0.4 is 9.46 Å². The lowest BCUT2D eigenvalue weighted by Gasteiger charge is -2.27. The molecule has 10 heteroatoms. The van der Waals surface area contributed by atoms with E-state index in [1.54, 1.807) is 20.8 Å². The van der Waals surface area contributed by atoms with Crippen LogP contribution in [0.1, 0.15) is 32.4 Å². The molecule has 0 aliphatic carbocycles. The Labute approximate surface area is 154 Å². The van der Waals surface area contributed by atoms with Crippen LogP contribution in [0.2, 0.25) is 10.0 Å². The molecule has 1 rings (SSSR count). The summed E-state index contributed by atoms with van der Waals surface area (Å²) in [7, 11) is 1.44. The fourth-order valence-electron chi connectivity index (χ4n) is 1.76. The number of nitrogens with zero attached hydrogens (tertiary/aromatic N) is 1. The molecular formula is C14H20Cl2N2O5S. The van der Waals surface area contributed by atoms with Gasteiger partial charge in [-0.05, 0) is 32.9 Å². The van der Waals surface area contributed by atoms with Crippen molar-refractivity contribution in [2.24, 2.45) is 0 Å². The number of halogens is 2. The van der Waals surface area contributed by atoms with Crippen LogP contribution in [0.5, 0.6) is 5.75 Å². The Balaban J connectivity index is 3.29. The van der Waals surface area contributed by atoms with E-state index in [0.29, 0.717) is 0 Å². The van der Waals surface area contributed by atoms with Crippen molar-refractivity contribution in [3.63, 3.8) is 0 Å². The maximum atomic E-state index is 12.4. The minimum absolute atomic E-state index is 0.0709. The third-order valence-corrected chi connectivity index (χ3v) is 5.34. The zero-order chi connectivity index (χ0) is 18.5. The highest BCUT2D eigenvalue weighted by atomic mass is 35.5. The maximum Gasteiger partial charge on any atom is 0.227 e. The van der Waals surface area contributed by atoms with Gasteiger partial charge in [-0.25, -0.2) is 0 Å². The van der Waals surface area contributed by atoms with Crippen molar-refractivity contribution in [2.45, 2.75) is 31.6 Å². The summed E-state index contributed by atoms with van der Waals surface area (Å²) in [5.74, 6) is 0.275. The molecule has 136 valence electrons. The third-order valence-electron chi connectivity index (χ3n) is 2.91. The predicted molar refractivity (Wildman–Crippen MR) is 94.6 cm³/mol. The standard InChI is InChI=1S/C14H20Cl2N2O5S/c1-14(2,3)24(21)17-10(7-18(19)20)12-11(23-8-22-4)6-5-9(15)13(12)16/h5-6,10,17H,7-8H2,1-4H3/t10?,24-/m0/s1. The normalized spacial score (nSPS) is 14.3. The van der Waals surface area contributed by atoms with E-state index in [2.05, 4.69) is 4.72 Å². The third kappa shape index (κ3) is 5.94. The smallest absolute Gasteiger partial charge is 0.227 e. The Morgan fingerprint density at radius 3 is 2.50 bits per heavy atom. The van der Waals surface area contributed by atoms with Gasteiger partial charge in [-0.15, -0.1) is 4.72 Å². The molecule has 0 saturated carbocycles. The van der Waals surface area contributed by atoms with E-state index < -0.39 is 33.6 Å². The largest absolute Gasteiger partial charge is 0.598 e. The number of hydrogen-bond donors (Lipinski definition) is 1. The van der Waals surface area contributed by atoms with E-state index in [0.717, 1.165) is 0 Å². The van der Waals surface area contributed by atoms with Crippen LogP contribution in [0.3, 0.4) is 0 Å². The van der Waals surface area contributed by atoms with Crippen molar-refractivity contribution in [1.29, 1.82) is 0 Å². The quantitative estimate of drug-likeness (QED) is 0.312. The molecule has 24 heavy (non-hydrogen) atoms. The molecule has 1 unspecified atom stereocenters. The summed E-state index contributed by atoms with van der Waals surface area (Å²) >= 11 is 10.7. The van der Waals surface area contributed by atoms with Crippen molar-refractivity contribution in [3.05, 3.63) is 37.9 Å². The van der Waals surface area contributed by atoms with E-state index >= 15 is 0 Å². The molecule has 0 spiro atoms. The van der Waals surface area contributed by atoms with Crippen LogP contribution in [-0.2, 0) is 16.1 Å². The fraction of sp³-hybridized carbons (Fsp3) is 0.571. The van der Waals surface area contributed by atoms with Crippen molar-refractivity contribution in [2.75, 3.05) is 20.4 Å². The first-order valence-electron chi connectivity index (χ1n) is 6.97. The molecule has 0 aliphatic rings. The van der Waals surface area contributed by atoms with Crippen molar-refractivity contribution < 1.29 is 18.9 Å². The molecule has 0 aromatic heterocycles. The molecule has 0 saturated heterocycles. The SMILES string of the molecule is COCOc1ccc(Cl)c(Cl)c1C(C[N+](=O)[O-])N[S@@+]([O-])C(C)(C)C. The Kier molecular flexibility index (Phi) is 8.04. The van der Waals surface area contributed by atoms with Gasteiger partial charge >= 0.3 is 0 Å². The van der Waals surface area contributed by atoms with Crippen LogP contribution in [0, 0.1) is 10.1 Å². The number of nitrogens with one attached hydrogen (secondary N) is 1. The Bertz CT molecular complexity index is 583. The van der Waals surface area contributed by atoms with Gasteiger partial charge in [0, 0.05) is 29.0 Å². The molecule has 0 radical (unpaired) electrons. The highest BCUT2D eigenvalue weighted by molar-refractivity contribution is 7.90. The molecule has 0 heterocycles. The van der Waals surface area contributed by atoms with Crippen molar-refractivity contribution in [1.82, 2.24) is 4.72 Å². The molecule has 7 nitrogen and oxygen atoms in total. The summed E-state index contributed by atoms with van der Waals surface area (Å²) in [6.07, 6.45) is 0. The molecule has 1 aromatic rings. The van der Waals surface area contributed by atoms with Crippen LogP contribution >= 0.6 is 23.2 Å². The summed E-state index contributed by atoms with van der Waals surface area (Å²) in [6, 6.07) is 2.11. The van der Waals surface area contributed by atoms with Gasteiger partial charge in [0.15, 0.2) is 6.79 Å². The molecule has 0 bridgehead atoms.